The predicted octanol–water partition coefficient (Wildman–Crippen LogP) is 4.41. The largest absolute Gasteiger partial charge is 0.493 e. The number of nitrogens with zero attached hydrogens (tertiary/aromatic N) is 1. The third kappa shape index (κ3) is 5.32. The maximum Gasteiger partial charge on any atom is 0.271 e. The highest BCUT2D eigenvalue weighted by Gasteiger charge is 2.09. The molecule has 2 N–H and O–H groups in total. The SMILES string of the molecule is CCOc1ccccc1/C=N/NC(=O)c1ccc(NC(=O)c2ccccc2C)cc1. The van der Waals surface area contributed by atoms with Crippen LogP contribution < -0.4 is 15.5 Å². The molecular formula is C24H23N3O3. The molecule has 0 atom stereocenters. The lowest BCUT2D eigenvalue weighted by molar-refractivity contribution is 0.0954. The van der Waals surface area contributed by atoms with Crippen molar-refractivity contribution < 1.29 is 14.3 Å². The van der Waals surface area contributed by atoms with E-state index in [2.05, 4.69) is 15.8 Å². The van der Waals surface area contributed by atoms with Crippen molar-refractivity contribution >= 4 is 23.7 Å². The van der Waals surface area contributed by atoms with Gasteiger partial charge < -0.3 is 10.1 Å². The number of rotatable bonds is 7. The zero-order chi connectivity index (χ0) is 21.3. The number of nitrogens with one attached hydrogen (secondary N) is 2. The molecule has 6 nitrogen and oxygen atoms in total. The summed E-state index contributed by atoms with van der Waals surface area (Å²) in [6.45, 7) is 4.34. The first-order valence-corrected chi connectivity index (χ1v) is 9.60. The molecule has 0 heterocycles. The first kappa shape index (κ1) is 20.8. The van der Waals surface area contributed by atoms with Gasteiger partial charge in [-0.1, -0.05) is 30.3 Å². The number of anilines is 1. The van der Waals surface area contributed by atoms with Crippen LogP contribution in [0.1, 0.15) is 38.8 Å². The van der Waals surface area contributed by atoms with Crippen molar-refractivity contribution in [3.8, 4) is 5.75 Å². The van der Waals surface area contributed by atoms with E-state index in [4.69, 9.17) is 4.74 Å². The molecule has 0 spiro atoms. The van der Waals surface area contributed by atoms with Crippen molar-refractivity contribution in [3.05, 3.63) is 95.1 Å². The van der Waals surface area contributed by atoms with Crippen molar-refractivity contribution in [2.75, 3.05) is 11.9 Å². The Balaban J connectivity index is 1.60. The van der Waals surface area contributed by atoms with Crippen LogP contribution in [0.3, 0.4) is 0 Å². The number of carbonyl (C=O) groups excluding carboxylic acids is 2. The van der Waals surface area contributed by atoms with Gasteiger partial charge in [0.05, 0.1) is 12.8 Å². The molecular weight excluding hydrogens is 378 g/mol. The Bertz CT molecular complexity index is 1060. The molecule has 0 bridgehead atoms. The van der Waals surface area contributed by atoms with E-state index in [0.29, 0.717) is 29.2 Å². The second-order valence-electron chi connectivity index (χ2n) is 6.52. The lowest BCUT2D eigenvalue weighted by Gasteiger charge is -2.08. The topological polar surface area (TPSA) is 79.8 Å². The van der Waals surface area contributed by atoms with Gasteiger partial charge in [-0.05, 0) is 61.9 Å². The summed E-state index contributed by atoms with van der Waals surface area (Å²) in [5, 5.41) is 6.84. The molecule has 3 aromatic rings. The quantitative estimate of drug-likeness (QED) is 0.455. The minimum absolute atomic E-state index is 0.192. The van der Waals surface area contributed by atoms with Crippen LogP contribution in [0.4, 0.5) is 5.69 Å². The fourth-order valence-electron chi connectivity index (χ4n) is 2.83. The summed E-state index contributed by atoms with van der Waals surface area (Å²) in [6, 6.07) is 21.4. The third-order valence-electron chi connectivity index (χ3n) is 4.38. The van der Waals surface area contributed by atoms with Crippen LogP contribution >= 0.6 is 0 Å². The van der Waals surface area contributed by atoms with Gasteiger partial charge in [0, 0.05) is 22.4 Å². The number of amides is 2. The van der Waals surface area contributed by atoms with E-state index in [9.17, 15) is 9.59 Å². The zero-order valence-corrected chi connectivity index (χ0v) is 16.9. The van der Waals surface area contributed by atoms with Crippen LogP contribution in [0.25, 0.3) is 0 Å². The van der Waals surface area contributed by atoms with Crippen molar-refractivity contribution in [1.29, 1.82) is 0 Å². The molecule has 0 aliphatic heterocycles. The third-order valence-corrected chi connectivity index (χ3v) is 4.38. The second-order valence-corrected chi connectivity index (χ2v) is 6.52. The number of aryl methyl sites for hydroxylation is 1. The molecule has 0 aliphatic carbocycles. The molecule has 0 unspecified atom stereocenters. The van der Waals surface area contributed by atoms with Gasteiger partial charge in [-0.3, -0.25) is 9.59 Å². The number of ether oxygens (including phenoxy) is 1. The highest BCUT2D eigenvalue weighted by Crippen LogP contribution is 2.16. The normalized spacial score (nSPS) is 10.6. The summed E-state index contributed by atoms with van der Waals surface area (Å²) in [5.74, 6) is 0.159. The van der Waals surface area contributed by atoms with E-state index < -0.39 is 0 Å². The van der Waals surface area contributed by atoms with Gasteiger partial charge in [0.2, 0.25) is 0 Å². The molecule has 0 saturated carbocycles. The monoisotopic (exact) mass is 401 g/mol. The van der Waals surface area contributed by atoms with Crippen molar-refractivity contribution in [2.45, 2.75) is 13.8 Å². The highest BCUT2D eigenvalue weighted by molar-refractivity contribution is 6.05. The van der Waals surface area contributed by atoms with E-state index in [-0.39, 0.29) is 11.8 Å². The maximum absolute atomic E-state index is 12.4. The average Bonchev–Trinajstić information content (AvgIpc) is 2.76. The molecule has 30 heavy (non-hydrogen) atoms. The Morgan fingerprint density at radius 3 is 2.37 bits per heavy atom. The van der Waals surface area contributed by atoms with Crippen LogP contribution in [-0.2, 0) is 0 Å². The summed E-state index contributed by atoms with van der Waals surface area (Å²) in [6.07, 6.45) is 1.54. The summed E-state index contributed by atoms with van der Waals surface area (Å²) >= 11 is 0. The molecule has 0 aliphatic rings. The fraction of sp³-hybridized carbons (Fsp3) is 0.125. The van der Waals surface area contributed by atoms with Gasteiger partial charge in [0.1, 0.15) is 5.75 Å². The van der Waals surface area contributed by atoms with E-state index in [1.807, 2.05) is 56.3 Å². The van der Waals surface area contributed by atoms with E-state index in [1.54, 1.807) is 36.5 Å². The Kier molecular flexibility index (Phi) is 6.95. The second kappa shape index (κ2) is 10.0. The minimum Gasteiger partial charge on any atom is -0.493 e. The molecule has 0 fully saturated rings. The smallest absolute Gasteiger partial charge is 0.271 e. The molecule has 0 saturated heterocycles. The number of carbonyl (C=O) groups is 2. The number of para-hydroxylation sites is 1. The average molecular weight is 401 g/mol. The van der Waals surface area contributed by atoms with Crippen LogP contribution in [0, 0.1) is 6.92 Å². The van der Waals surface area contributed by atoms with E-state index in [0.717, 1.165) is 11.1 Å². The standard InChI is InChI=1S/C24H23N3O3/c1-3-30-22-11-7-5-9-19(22)16-25-27-23(28)18-12-14-20(15-13-18)26-24(29)21-10-6-4-8-17(21)2/h4-16H,3H2,1-2H3,(H,26,29)(H,27,28)/b25-16+. The number of hydrogen-bond acceptors (Lipinski definition) is 4. The van der Waals surface area contributed by atoms with Gasteiger partial charge >= 0.3 is 0 Å². The number of hydrazone groups is 1. The number of benzene rings is 3. The van der Waals surface area contributed by atoms with Crippen LogP contribution in [0.5, 0.6) is 5.75 Å². The lowest BCUT2D eigenvalue weighted by Crippen LogP contribution is -2.18. The first-order valence-electron chi connectivity index (χ1n) is 9.60. The summed E-state index contributed by atoms with van der Waals surface area (Å²) in [5.41, 5.74) is 5.82. The maximum atomic E-state index is 12.4. The molecule has 3 rings (SSSR count). The summed E-state index contributed by atoms with van der Waals surface area (Å²) in [4.78, 5) is 24.7. The molecule has 6 heteroatoms. The van der Waals surface area contributed by atoms with Crippen LogP contribution in [0.2, 0.25) is 0 Å². The van der Waals surface area contributed by atoms with Crippen molar-refractivity contribution in [1.82, 2.24) is 5.43 Å². The number of hydrogen-bond donors (Lipinski definition) is 2. The zero-order valence-electron chi connectivity index (χ0n) is 16.9. The Hall–Kier alpha value is -3.93. The molecule has 0 aromatic heterocycles. The minimum atomic E-state index is -0.350. The Morgan fingerprint density at radius 2 is 1.63 bits per heavy atom. The molecule has 2 amide bonds. The molecule has 0 radical (unpaired) electrons. The first-order chi connectivity index (χ1) is 14.6. The summed E-state index contributed by atoms with van der Waals surface area (Å²) in [7, 11) is 0. The van der Waals surface area contributed by atoms with Gasteiger partial charge in [0.25, 0.3) is 11.8 Å². The Morgan fingerprint density at radius 1 is 0.933 bits per heavy atom. The van der Waals surface area contributed by atoms with Gasteiger partial charge in [-0.15, -0.1) is 0 Å². The van der Waals surface area contributed by atoms with E-state index >= 15 is 0 Å². The Labute approximate surface area is 175 Å². The fourth-order valence-corrected chi connectivity index (χ4v) is 2.83. The molecule has 152 valence electrons. The highest BCUT2D eigenvalue weighted by atomic mass is 16.5. The van der Waals surface area contributed by atoms with Crippen molar-refractivity contribution in [3.63, 3.8) is 0 Å². The van der Waals surface area contributed by atoms with Crippen LogP contribution in [-0.4, -0.2) is 24.6 Å². The van der Waals surface area contributed by atoms with Crippen molar-refractivity contribution in [2.24, 2.45) is 5.10 Å². The van der Waals surface area contributed by atoms with Gasteiger partial charge in [0.15, 0.2) is 0 Å². The lowest BCUT2D eigenvalue weighted by atomic mass is 10.1. The van der Waals surface area contributed by atoms with Gasteiger partial charge in [-0.25, -0.2) is 5.43 Å². The van der Waals surface area contributed by atoms with Crippen LogP contribution in [0.15, 0.2) is 77.9 Å². The molecule has 3 aromatic carbocycles. The van der Waals surface area contributed by atoms with Gasteiger partial charge in [-0.2, -0.15) is 5.10 Å². The van der Waals surface area contributed by atoms with E-state index in [1.165, 1.54) is 0 Å². The predicted molar refractivity (Wildman–Crippen MR) is 118 cm³/mol. The summed E-state index contributed by atoms with van der Waals surface area (Å²) < 4.78 is 5.52.